The number of nitrogens with one attached hydrogen (secondary N) is 1. The summed E-state index contributed by atoms with van der Waals surface area (Å²) in [5.74, 6) is 197. The van der Waals surface area contributed by atoms with Crippen molar-refractivity contribution in [2.24, 2.45) is 0 Å². The van der Waals surface area contributed by atoms with Gasteiger partial charge in [-0.2, -0.15) is 0 Å². The molecule has 0 amide bonds. The maximum absolute atomic E-state index is 11.7. The Hall–Kier alpha value is -20.4. The molecule has 6 rings (SSSR count). The molecule has 7 heteroatoms. The molecular formula is C108H34N2O4S. The average Bonchev–Trinajstić information content (AvgIpc) is 1.67. The summed E-state index contributed by atoms with van der Waals surface area (Å²) in [7, 11) is -1.54. The summed E-state index contributed by atoms with van der Waals surface area (Å²) in [6.45, 7) is 5.64. The Balaban J connectivity index is 0.000000547. The number of aromatic amines is 1. The Labute approximate surface area is 676 Å². The van der Waals surface area contributed by atoms with Crippen molar-refractivity contribution in [3.8, 4) is 473 Å². The highest BCUT2D eigenvalue weighted by atomic mass is 32.2. The van der Waals surface area contributed by atoms with Crippen molar-refractivity contribution in [1.82, 2.24) is 9.88 Å². The molecule has 1 N–H and O–H groups in total. The zero-order valence-electron chi connectivity index (χ0n) is 60.9. The highest BCUT2D eigenvalue weighted by Crippen LogP contribution is 2.44. The van der Waals surface area contributed by atoms with Gasteiger partial charge in [-0.05, 0) is 174 Å². The summed E-state index contributed by atoms with van der Waals surface area (Å²) >= 11 is 0. The van der Waals surface area contributed by atoms with Gasteiger partial charge in [0.15, 0.2) is 21.3 Å². The fourth-order valence-electron chi connectivity index (χ4n) is 7.91. The van der Waals surface area contributed by atoms with E-state index in [1.54, 1.807) is 45.2 Å². The van der Waals surface area contributed by atoms with Crippen LogP contribution < -0.4 is 9.47 Å². The van der Waals surface area contributed by atoms with Gasteiger partial charge in [0.05, 0.1) is 12.0 Å². The van der Waals surface area contributed by atoms with Gasteiger partial charge in [0.25, 0.3) is 0 Å². The summed E-state index contributed by atoms with van der Waals surface area (Å²) in [5, 5.41) is 1.32. The van der Waals surface area contributed by atoms with Crippen LogP contribution in [-0.2, 0) is 35.8 Å². The number of aromatic nitrogens is 1. The molecule has 2 aliphatic heterocycles. The van der Waals surface area contributed by atoms with Crippen molar-refractivity contribution < 1.29 is 17.9 Å². The highest BCUT2D eigenvalue weighted by molar-refractivity contribution is 7.90. The lowest BCUT2D eigenvalue weighted by atomic mass is 9.85. The molecule has 3 aromatic carbocycles. The molecule has 0 bridgehead atoms. The number of para-hydroxylation sites is 1. The average molecular weight is 1460 g/mol. The summed E-state index contributed by atoms with van der Waals surface area (Å²) in [4.78, 5) is 6.50. The van der Waals surface area contributed by atoms with E-state index in [1.807, 2.05) is 0 Å². The van der Waals surface area contributed by atoms with Gasteiger partial charge in [-0.25, -0.2) is 8.42 Å². The van der Waals surface area contributed by atoms with E-state index in [-0.39, 0.29) is 0 Å². The van der Waals surface area contributed by atoms with Crippen LogP contribution in [0.3, 0.4) is 0 Å². The molecular weight excluding hydrogens is 1420 g/mol. The Morgan fingerprint density at radius 1 is 0.357 bits per heavy atom. The molecule has 0 saturated carbocycles. The second kappa shape index (κ2) is 58.0. The third-order valence-electron chi connectivity index (χ3n) is 12.2. The van der Waals surface area contributed by atoms with Gasteiger partial charge in [0.1, 0.15) is 6.61 Å². The highest BCUT2D eigenvalue weighted by Gasteiger charge is 2.34. The second-order valence-electron chi connectivity index (χ2n) is 19.5. The quantitative estimate of drug-likeness (QED) is 0.250. The smallest absolute Gasteiger partial charge is 0.175 e. The van der Waals surface area contributed by atoms with Crippen molar-refractivity contribution >= 4 is 20.7 Å². The number of benzene rings is 3. The van der Waals surface area contributed by atoms with Crippen molar-refractivity contribution in [2.75, 3.05) is 19.9 Å². The van der Waals surface area contributed by atoms with Gasteiger partial charge in [-0.15, -0.1) is 0 Å². The summed E-state index contributed by atoms with van der Waals surface area (Å²) in [5.41, 5.74) is 7.49. The summed E-state index contributed by atoms with van der Waals surface area (Å²) in [6, 6.07) is 20.0. The van der Waals surface area contributed by atoms with Gasteiger partial charge >= 0.3 is 0 Å². The van der Waals surface area contributed by atoms with E-state index in [0.717, 1.165) is 43.0 Å². The molecule has 0 fully saturated rings. The topological polar surface area (TPSA) is 71.6 Å². The Morgan fingerprint density at radius 2 is 0.626 bits per heavy atom. The SMILES string of the molecule is CC#CC#CC#CC#CC#CC#CC#CC#CC#CC#CC#CC#CC#CC#CC#CC#CC#CC#CC#CC#CC#CC#CC#CC#CC#CC#CC#CC#CC#CC#CC#CC#CC#CC#CC#CC#CC#CC#CC#CC.COc1cc2c(cc1OCc1ccc(S(C)(=O)=O)cc1)CCN1Cc3[nH]c4ccccc4c3CC21. The van der Waals surface area contributed by atoms with Crippen LogP contribution >= 0.6 is 0 Å². The maximum Gasteiger partial charge on any atom is 0.175 e. The minimum Gasteiger partial charge on any atom is -0.493 e. The van der Waals surface area contributed by atoms with Crippen molar-refractivity contribution in [3.05, 3.63) is 88.6 Å². The molecule has 0 saturated heterocycles. The number of ether oxygens (including phenoxy) is 2. The summed E-state index contributed by atoms with van der Waals surface area (Å²) < 4.78 is 35.3. The van der Waals surface area contributed by atoms with E-state index in [2.05, 4.69) is 508 Å². The lowest BCUT2D eigenvalue weighted by Gasteiger charge is -2.40. The van der Waals surface area contributed by atoms with E-state index in [9.17, 15) is 8.42 Å². The van der Waals surface area contributed by atoms with Crippen molar-refractivity contribution in [3.63, 3.8) is 0 Å². The first-order chi connectivity index (χ1) is 56.8. The third-order valence-corrected chi connectivity index (χ3v) is 13.4. The predicted molar refractivity (Wildman–Crippen MR) is 450 cm³/mol. The molecule has 1 atom stereocenters. The van der Waals surface area contributed by atoms with Crippen LogP contribution in [0.2, 0.25) is 0 Å². The largest absolute Gasteiger partial charge is 0.493 e. The Bertz CT molecular complexity index is 7320. The van der Waals surface area contributed by atoms with Crippen LogP contribution in [0.4, 0.5) is 0 Å². The van der Waals surface area contributed by atoms with E-state index >= 15 is 0 Å². The standard InChI is InChI=1S/C80H6.C28H28N2O4S/c1-3-5-7-9-11-13-15-17-19-21-23-25-27-29-31-33-35-37-39-41-43-45-47-49-51-53-55-57-59-61-63-65-67-69-71-73-75-77-79-80-78-76-74-72-70-68-66-64-62-60-58-56-54-52-50-48-46-44-42-40-38-36-34-32-30-28-26-24-22-20-18-16-14-12-10-8-6-4-2;1-33-27-15-22-19(13-28(27)34-17-18-7-9-20(10-8-18)35(2,31)32)11-12-30-16-25-23(14-26(22)30)21-5-3-4-6-24(21)29-25/h1-2H3;3-10,13,15,26,29H,11-12,14,16-17H2,1-2H3. The van der Waals surface area contributed by atoms with E-state index in [0.29, 0.717) is 17.5 Å². The van der Waals surface area contributed by atoms with Crippen molar-refractivity contribution in [2.45, 2.75) is 50.8 Å². The number of rotatable bonds is 5. The molecule has 0 radical (unpaired) electrons. The monoisotopic (exact) mass is 1450 g/mol. The maximum atomic E-state index is 11.7. The third kappa shape index (κ3) is 40.3. The Kier molecular flexibility index (Phi) is 43.0. The molecule has 1 aromatic heterocycles. The zero-order chi connectivity index (χ0) is 81.3. The van der Waals surface area contributed by atoms with Gasteiger partial charge in [0, 0.05) is 397 Å². The van der Waals surface area contributed by atoms with Crippen LogP contribution in [0.5, 0.6) is 11.5 Å². The van der Waals surface area contributed by atoms with Gasteiger partial charge in [-0.1, -0.05) is 42.2 Å². The first-order valence-electron chi connectivity index (χ1n) is 32.1. The molecule has 1 unspecified atom stereocenters. The number of H-pyrrole nitrogens is 1. The number of hydrogen-bond acceptors (Lipinski definition) is 5. The normalized spacial score (nSPS) is 8.09. The molecule has 4 aromatic rings. The number of fused-ring (bicyclic) bond motifs is 6. The van der Waals surface area contributed by atoms with E-state index < -0.39 is 9.84 Å². The molecule has 6 nitrogen and oxygen atoms in total. The number of methoxy groups -OCH3 is 1. The van der Waals surface area contributed by atoms with E-state index in [1.165, 1.54) is 39.5 Å². The van der Waals surface area contributed by atoms with Crippen LogP contribution in [0.1, 0.15) is 47.8 Å². The van der Waals surface area contributed by atoms with Crippen LogP contribution in [0.15, 0.2) is 65.6 Å². The molecule has 0 aliphatic carbocycles. The number of hydrogen-bond donors (Lipinski definition) is 1. The fourth-order valence-corrected chi connectivity index (χ4v) is 8.54. The molecule has 2 aliphatic rings. The molecule has 0 spiro atoms. The minimum atomic E-state index is -3.21. The lowest BCUT2D eigenvalue weighted by Crippen LogP contribution is -2.39. The van der Waals surface area contributed by atoms with Crippen LogP contribution in [-0.4, -0.2) is 38.2 Å². The van der Waals surface area contributed by atoms with Gasteiger partial charge in [-0.3, -0.25) is 4.90 Å². The lowest BCUT2D eigenvalue weighted by molar-refractivity contribution is 0.158. The van der Waals surface area contributed by atoms with Crippen LogP contribution in [0, 0.1) is 462 Å². The number of sulfone groups is 1. The molecule has 115 heavy (non-hydrogen) atoms. The Morgan fingerprint density at radius 3 is 0.887 bits per heavy atom. The second-order valence-corrected chi connectivity index (χ2v) is 21.5. The predicted octanol–water partition coefficient (Wildman–Crippen LogP) is 5.97. The molecule has 506 valence electrons. The fraction of sp³-hybridized carbons (Fsp3) is 0.0926. The first kappa shape index (κ1) is 85.2. The first-order valence-corrected chi connectivity index (χ1v) is 34.0. The zero-order valence-corrected chi connectivity index (χ0v) is 61.7. The van der Waals surface area contributed by atoms with Crippen LogP contribution in [0.25, 0.3) is 10.9 Å². The van der Waals surface area contributed by atoms with Gasteiger partial charge < -0.3 is 14.5 Å². The van der Waals surface area contributed by atoms with Crippen molar-refractivity contribution in [1.29, 1.82) is 0 Å². The number of nitrogens with zero attached hydrogens (tertiary/aromatic N) is 1. The molecule has 3 heterocycles. The summed E-state index contributed by atoms with van der Waals surface area (Å²) in [6.07, 6.45) is 3.15. The minimum absolute atomic E-state index is 0.308. The van der Waals surface area contributed by atoms with Gasteiger partial charge in [0.2, 0.25) is 0 Å². The van der Waals surface area contributed by atoms with E-state index in [4.69, 9.17) is 9.47 Å².